The van der Waals surface area contributed by atoms with Crippen LogP contribution >= 0.6 is 15.9 Å². The number of benzene rings is 1. The van der Waals surface area contributed by atoms with Gasteiger partial charge in [0.2, 0.25) is 0 Å². The first-order valence-corrected chi connectivity index (χ1v) is 5.51. The lowest BCUT2D eigenvalue weighted by molar-refractivity contribution is 0.0690. The molecule has 0 fully saturated rings. The zero-order chi connectivity index (χ0) is 12.7. The van der Waals surface area contributed by atoms with Gasteiger partial charge in [0, 0.05) is 15.6 Å². The van der Waals surface area contributed by atoms with Gasteiger partial charge in [0.15, 0.2) is 0 Å². The molecule has 1 aliphatic rings. The van der Waals surface area contributed by atoms with Crippen LogP contribution in [0.4, 0.5) is 13.2 Å². The molecular weight excluding hydrogens is 301 g/mol. The van der Waals surface area contributed by atoms with Gasteiger partial charge in [0.05, 0.1) is 5.56 Å². The molecule has 0 radical (unpaired) electrons. The summed E-state index contributed by atoms with van der Waals surface area (Å²) in [6.07, 6.45) is -1.72. The van der Waals surface area contributed by atoms with E-state index in [2.05, 4.69) is 15.9 Å². The first kappa shape index (κ1) is 12.2. The van der Waals surface area contributed by atoms with Gasteiger partial charge >= 0.3 is 5.97 Å². The first-order valence-electron chi connectivity index (χ1n) is 4.72. The first-order chi connectivity index (χ1) is 7.93. The van der Waals surface area contributed by atoms with Crippen molar-refractivity contribution in [3.8, 4) is 0 Å². The highest BCUT2D eigenvalue weighted by Gasteiger charge is 2.30. The number of allylic oxidation sites excluding steroid dienone is 1. The molecule has 0 saturated carbocycles. The molecule has 0 heterocycles. The summed E-state index contributed by atoms with van der Waals surface area (Å²) in [5.74, 6) is -2.35. The molecule has 6 heteroatoms. The molecular formula is C11H6BrF3O2. The van der Waals surface area contributed by atoms with Gasteiger partial charge in [-0.2, -0.15) is 8.78 Å². The van der Waals surface area contributed by atoms with E-state index in [-0.39, 0.29) is 34.0 Å². The van der Waals surface area contributed by atoms with E-state index in [1.807, 2.05) is 0 Å². The third-order valence-electron chi connectivity index (χ3n) is 2.70. The Morgan fingerprint density at radius 1 is 1.35 bits per heavy atom. The summed E-state index contributed by atoms with van der Waals surface area (Å²) in [6.45, 7) is 0. The number of hydrogen-bond acceptors (Lipinski definition) is 1. The van der Waals surface area contributed by atoms with Crippen LogP contribution in [-0.2, 0) is 6.42 Å². The maximum absolute atomic E-state index is 13.5. The molecule has 0 aliphatic heterocycles. The minimum Gasteiger partial charge on any atom is -0.478 e. The summed E-state index contributed by atoms with van der Waals surface area (Å²) < 4.78 is 38.9. The zero-order valence-electron chi connectivity index (χ0n) is 8.36. The molecule has 1 N–H and O–H groups in total. The van der Waals surface area contributed by atoms with E-state index in [0.29, 0.717) is 0 Å². The Hall–Kier alpha value is -1.30. The van der Waals surface area contributed by atoms with Gasteiger partial charge in [-0.1, -0.05) is 15.9 Å². The number of carboxylic acid groups (broad SMARTS) is 1. The number of fused-ring (bicyclic) bond motifs is 1. The molecule has 1 aromatic carbocycles. The van der Waals surface area contributed by atoms with Crippen molar-refractivity contribution < 1.29 is 23.1 Å². The number of carbonyl (C=O) groups is 1. The molecule has 0 spiro atoms. The molecule has 0 amide bonds. The van der Waals surface area contributed by atoms with Gasteiger partial charge in [-0.05, 0) is 24.5 Å². The Balaban J connectivity index is 2.80. The lowest BCUT2D eigenvalue weighted by Crippen LogP contribution is -2.06. The highest BCUT2D eigenvalue weighted by atomic mass is 79.9. The van der Waals surface area contributed by atoms with Gasteiger partial charge in [-0.3, -0.25) is 0 Å². The number of carboxylic acids is 1. The lowest BCUT2D eigenvalue weighted by atomic mass is 10.0. The van der Waals surface area contributed by atoms with Crippen molar-refractivity contribution >= 4 is 27.5 Å². The Morgan fingerprint density at radius 3 is 2.53 bits per heavy atom. The molecule has 0 saturated heterocycles. The van der Waals surface area contributed by atoms with Gasteiger partial charge in [-0.25, -0.2) is 9.18 Å². The van der Waals surface area contributed by atoms with Crippen LogP contribution in [0.3, 0.4) is 0 Å². The summed E-state index contributed by atoms with van der Waals surface area (Å²) in [4.78, 5) is 10.9. The van der Waals surface area contributed by atoms with E-state index in [1.165, 1.54) is 0 Å². The summed E-state index contributed by atoms with van der Waals surface area (Å²) in [7, 11) is 0. The van der Waals surface area contributed by atoms with Crippen molar-refractivity contribution in [2.45, 2.75) is 12.8 Å². The molecule has 0 aromatic heterocycles. The lowest BCUT2D eigenvalue weighted by Gasteiger charge is -2.08. The topological polar surface area (TPSA) is 37.3 Å². The maximum atomic E-state index is 13.5. The van der Waals surface area contributed by atoms with Crippen molar-refractivity contribution in [1.29, 1.82) is 0 Å². The number of rotatable bonds is 1. The predicted octanol–water partition coefficient (Wildman–Crippen LogP) is 3.84. The van der Waals surface area contributed by atoms with Crippen molar-refractivity contribution in [2.75, 3.05) is 0 Å². The Kier molecular flexibility index (Phi) is 2.99. The van der Waals surface area contributed by atoms with Gasteiger partial charge < -0.3 is 5.11 Å². The smallest absolute Gasteiger partial charge is 0.338 e. The molecule has 90 valence electrons. The molecule has 0 atom stereocenters. The van der Waals surface area contributed by atoms with Crippen LogP contribution in [0.15, 0.2) is 16.6 Å². The number of hydrogen-bond donors (Lipinski definition) is 1. The van der Waals surface area contributed by atoms with Gasteiger partial charge in [-0.15, -0.1) is 0 Å². The number of aromatic carboxylic acids is 1. The predicted molar refractivity (Wildman–Crippen MR) is 58.5 cm³/mol. The summed E-state index contributed by atoms with van der Waals surface area (Å²) >= 11 is 2.99. The molecule has 2 nitrogen and oxygen atoms in total. The largest absolute Gasteiger partial charge is 0.478 e. The highest BCUT2D eigenvalue weighted by Crippen LogP contribution is 2.42. The van der Waals surface area contributed by atoms with E-state index >= 15 is 0 Å². The van der Waals surface area contributed by atoms with E-state index in [9.17, 15) is 18.0 Å². The average molecular weight is 307 g/mol. The maximum Gasteiger partial charge on any atom is 0.338 e. The van der Waals surface area contributed by atoms with Crippen LogP contribution in [-0.4, -0.2) is 11.1 Å². The summed E-state index contributed by atoms with van der Waals surface area (Å²) in [6, 6.07) is 0.913. The van der Waals surface area contributed by atoms with Crippen LogP contribution in [0.2, 0.25) is 0 Å². The Bertz CT molecular complexity index is 548. The van der Waals surface area contributed by atoms with Crippen molar-refractivity contribution in [2.24, 2.45) is 0 Å². The molecule has 17 heavy (non-hydrogen) atoms. The number of halogens is 4. The monoisotopic (exact) mass is 306 g/mol. The fourth-order valence-electron chi connectivity index (χ4n) is 2.04. The molecule has 0 bridgehead atoms. The fraction of sp³-hybridized carbons (Fsp3) is 0.182. The van der Waals surface area contributed by atoms with Gasteiger partial charge in [0.1, 0.15) is 5.82 Å². The normalized spacial score (nSPS) is 13.8. The summed E-state index contributed by atoms with van der Waals surface area (Å²) in [5.41, 5.74) is -0.482. The Morgan fingerprint density at radius 2 is 2.00 bits per heavy atom. The van der Waals surface area contributed by atoms with Crippen LogP contribution < -0.4 is 0 Å². The fourth-order valence-corrected chi connectivity index (χ4v) is 2.72. The second-order valence-corrected chi connectivity index (χ2v) is 4.47. The second kappa shape index (κ2) is 4.18. The standard InChI is InChI=1S/C11H6BrF3O2/c12-6-3-7(13)9(11(16)17)4-1-2-5(8(4)6)10(14)15/h3H,1-2H2,(H,16,17). The van der Waals surface area contributed by atoms with Crippen molar-refractivity contribution in [1.82, 2.24) is 0 Å². The Labute approximate surface area is 103 Å². The molecule has 2 rings (SSSR count). The molecule has 0 unspecified atom stereocenters. The molecule has 1 aliphatic carbocycles. The summed E-state index contributed by atoms with van der Waals surface area (Å²) in [5, 5.41) is 8.89. The van der Waals surface area contributed by atoms with E-state index < -0.39 is 23.4 Å². The van der Waals surface area contributed by atoms with E-state index in [0.717, 1.165) is 6.07 Å². The third kappa shape index (κ3) is 1.86. The van der Waals surface area contributed by atoms with Crippen molar-refractivity contribution in [3.05, 3.63) is 39.1 Å². The molecule has 1 aromatic rings. The third-order valence-corrected chi connectivity index (χ3v) is 3.33. The van der Waals surface area contributed by atoms with Crippen LogP contribution in [0.5, 0.6) is 0 Å². The van der Waals surface area contributed by atoms with Gasteiger partial charge in [0.25, 0.3) is 6.08 Å². The minimum absolute atomic E-state index is 0.0278. The quantitative estimate of drug-likeness (QED) is 0.856. The van der Waals surface area contributed by atoms with Crippen LogP contribution in [0.1, 0.15) is 27.9 Å². The van der Waals surface area contributed by atoms with E-state index in [1.54, 1.807) is 0 Å². The van der Waals surface area contributed by atoms with Crippen molar-refractivity contribution in [3.63, 3.8) is 0 Å². The zero-order valence-corrected chi connectivity index (χ0v) is 9.94. The van der Waals surface area contributed by atoms with Crippen LogP contribution in [0.25, 0.3) is 5.57 Å². The average Bonchev–Trinajstić information content (AvgIpc) is 2.61. The van der Waals surface area contributed by atoms with E-state index in [4.69, 9.17) is 5.11 Å². The van der Waals surface area contributed by atoms with Crippen LogP contribution in [0, 0.1) is 5.82 Å². The minimum atomic E-state index is -1.85. The second-order valence-electron chi connectivity index (χ2n) is 3.61. The SMILES string of the molecule is O=C(O)c1c(F)cc(Br)c2c1CCC2=C(F)F. The highest BCUT2D eigenvalue weighted by molar-refractivity contribution is 9.10.